The molecule has 114 valence electrons. The predicted octanol–water partition coefficient (Wildman–Crippen LogP) is 2.06. The largest absolute Gasteiger partial charge is 0.353 e. The molecular formula is C15H22N4O2. The number of hydrogen-bond acceptors (Lipinski definition) is 3. The smallest absolute Gasteiger partial charge is 0.224 e. The summed E-state index contributed by atoms with van der Waals surface area (Å²) in [6, 6.07) is 0.316. The number of nitrogens with zero attached hydrogens (tertiary/aromatic N) is 1. The Morgan fingerprint density at radius 1 is 1.14 bits per heavy atom. The van der Waals surface area contributed by atoms with E-state index in [1.807, 2.05) is 0 Å². The van der Waals surface area contributed by atoms with E-state index in [2.05, 4.69) is 20.8 Å². The lowest BCUT2D eigenvalue weighted by Crippen LogP contribution is -2.33. The first kappa shape index (κ1) is 14.1. The third-order valence-electron chi connectivity index (χ3n) is 4.23. The third-order valence-corrected chi connectivity index (χ3v) is 4.23. The van der Waals surface area contributed by atoms with Crippen LogP contribution in [0.1, 0.15) is 63.0 Å². The molecule has 3 N–H and O–H groups in total. The van der Waals surface area contributed by atoms with Crippen molar-refractivity contribution in [3.05, 3.63) is 11.9 Å². The molecule has 0 bridgehead atoms. The highest BCUT2D eigenvalue weighted by molar-refractivity contribution is 5.93. The van der Waals surface area contributed by atoms with Crippen LogP contribution in [0.25, 0.3) is 0 Å². The lowest BCUT2D eigenvalue weighted by atomic mass is 10.2. The Bertz CT molecular complexity index is 515. The average Bonchev–Trinajstić information content (AvgIpc) is 2.98. The molecule has 0 radical (unpaired) electrons. The number of aromatic amines is 1. The average molecular weight is 290 g/mol. The minimum absolute atomic E-state index is 0.0216. The molecule has 1 aromatic rings. The van der Waals surface area contributed by atoms with E-state index in [0.717, 1.165) is 37.1 Å². The molecule has 2 amide bonds. The van der Waals surface area contributed by atoms with Gasteiger partial charge in [0.05, 0.1) is 17.6 Å². The Hall–Kier alpha value is -1.85. The van der Waals surface area contributed by atoms with Crippen LogP contribution in [0.4, 0.5) is 5.69 Å². The summed E-state index contributed by atoms with van der Waals surface area (Å²) in [4.78, 5) is 23.7. The molecular weight excluding hydrogens is 268 g/mol. The monoisotopic (exact) mass is 290 g/mol. The zero-order valence-corrected chi connectivity index (χ0v) is 12.2. The van der Waals surface area contributed by atoms with E-state index in [-0.39, 0.29) is 24.7 Å². The molecule has 0 atom stereocenters. The Labute approximate surface area is 124 Å². The van der Waals surface area contributed by atoms with Crippen LogP contribution in [-0.2, 0) is 9.59 Å². The zero-order chi connectivity index (χ0) is 14.7. The number of aromatic nitrogens is 2. The van der Waals surface area contributed by atoms with Gasteiger partial charge in [-0.1, -0.05) is 12.8 Å². The van der Waals surface area contributed by atoms with Crippen molar-refractivity contribution < 1.29 is 9.59 Å². The topological polar surface area (TPSA) is 86.9 Å². The highest BCUT2D eigenvalue weighted by atomic mass is 16.2. The van der Waals surface area contributed by atoms with Crippen LogP contribution in [0.15, 0.2) is 6.20 Å². The molecule has 0 aromatic carbocycles. The summed E-state index contributed by atoms with van der Waals surface area (Å²) in [5, 5.41) is 12.8. The SMILES string of the molecule is O=C(CCC(=O)NC1CCCC1)Nc1cn[nH]c1C1CC1. The molecule has 2 saturated carbocycles. The number of carbonyl (C=O) groups excluding carboxylic acids is 2. The second-order valence-electron chi connectivity index (χ2n) is 6.07. The number of H-pyrrole nitrogens is 1. The normalized spacial score (nSPS) is 18.7. The summed E-state index contributed by atoms with van der Waals surface area (Å²) < 4.78 is 0. The first-order valence-corrected chi connectivity index (χ1v) is 7.85. The highest BCUT2D eigenvalue weighted by Crippen LogP contribution is 2.42. The van der Waals surface area contributed by atoms with E-state index >= 15 is 0 Å². The summed E-state index contributed by atoms with van der Waals surface area (Å²) in [5.74, 6) is 0.361. The molecule has 0 unspecified atom stereocenters. The van der Waals surface area contributed by atoms with Gasteiger partial charge in [-0.25, -0.2) is 0 Å². The maximum Gasteiger partial charge on any atom is 0.224 e. The van der Waals surface area contributed by atoms with Crippen molar-refractivity contribution in [3.8, 4) is 0 Å². The lowest BCUT2D eigenvalue weighted by molar-refractivity contribution is -0.124. The molecule has 21 heavy (non-hydrogen) atoms. The van der Waals surface area contributed by atoms with Gasteiger partial charge in [-0.3, -0.25) is 14.7 Å². The van der Waals surface area contributed by atoms with Crippen LogP contribution in [0.3, 0.4) is 0 Å². The second kappa shape index (κ2) is 6.28. The van der Waals surface area contributed by atoms with Crippen molar-refractivity contribution in [3.63, 3.8) is 0 Å². The van der Waals surface area contributed by atoms with Gasteiger partial charge < -0.3 is 10.6 Å². The number of rotatable bonds is 6. The van der Waals surface area contributed by atoms with Gasteiger partial charge >= 0.3 is 0 Å². The third kappa shape index (κ3) is 3.83. The summed E-state index contributed by atoms with van der Waals surface area (Å²) >= 11 is 0. The minimum Gasteiger partial charge on any atom is -0.353 e. The molecule has 3 rings (SSSR count). The van der Waals surface area contributed by atoms with Crippen molar-refractivity contribution >= 4 is 17.5 Å². The number of nitrogens with one attached hydrogen (secondary N) is 3. The minimum atomic E-state index is -0.125. The van der Waals surface area contributed by atoms with E-state index in [1.165, 1.54) is 12.8 Å². The summed E-state index contributed by atoms with van der Waals surface area (Å²) in [6.07, 6.45) is 8.92. The molecule has 2 aliphatic rings. The Kier molecular flexibility index (Phi) is 4.22. The van der Waals surface area contributed by atoms with Crippen molar-refractivity contribution in [1.82, 2.24) is 15.5 Å². The van der Waals surface area contributed by atoms with Crippen LogP contribution < -0.4 is 10.6 Å². The molecule has 6 nitrogen and oxygen atoms in total. The Balaban J connectivity index is 1.41. The van der Waals surface area contributed by atoms with Gasteiger partial charge in [-0.15, -0.1) is 0 Å². The molecule has 2 aliphatic carbocycles. The summed E-state index contributed by atoms with van der Waals surface area (Å²) in [6.45, 7) is 0. The van der Waals surface area contributed by atoms with E-state index < -0.39 is 0 Å². The van der Waals surface area contributed by atoms with Gasteiger partial charge in [0.25, 0.3) is 0 Å². The first-order chi connectivity index (χ1) is 10.2. The first-order valence-electron chi connectivity index (χ1n) is 7.85. The molecule has 0 spiro atoms. The van der Waals surface area contributed by atoms with Crippen molar-refractivity contribution in [2.24, 2.45) is 0 Å². The highest BCUT2D eigenvalue weighted by Gasteiger charge is 2.28. The van der Waals surface area contributed by atoms with Crippen LogP contribution in [-0.4, -0.2) is 28.1 Å². The second-order valence-corrected chi connectivity index (χ2v) is 6.07. The van der Waals surface area contributed by atoms with E-state index in [4.69, 9.17) is 0 Å². The maximum atomic E-state index is 11.9. The fourth-order valence-electron chi connectivity index (χ4n) is 2.89. The van der Waals surface area contributed by atoms with Gasteiger partial charge in [0, 0.05) is 24.8 Å². The lowest BCUT2D eigenvalue weighted by Gasteiger charge is -2.11. The summed E-state index contributed by atoms with van der Waals surface area (Å²) in [7, 11) is 0. The quantitative estimate of drug-likeness (QED) is 0.749. The zero-order valence-electron chi connectivity index (χ0n) is 12.2. The van der Waals surface area contributed by atoms with Gasteiger partial charge in [-0.05, 0) is 25.7 Å². The van der Waals surface area contributed by atoms with Gasteiger partial charge in [0.2, 0.25) is 11.8 Å². The standard InChI is InChI=1S/C15H22N4O2/c20-13(17-11-3-1-2-4-11)7-8-14(21)18-12-9-16-19-15(12)10-5-6-10/h9-11H,1-8H2,(H,16,19)(H,17,20)(H,18,21). The maximum absolute atomic E-state index is 11.9. The fraction of sp³-hybridized carbons (Fsp3) is 0.667. The molecule has 6 heteroatoms. The fourth-order valence-corrected chi connectivity index (χ4v) is 2.89. The van der Waals surface area contributed by atoms with Gasteiger partial charge in [-0.2, -0.15) is 5.10 Å². The van der Waals surface area contributed by atoms with Crippen LogP contribution in [0.5, 0.6) is 0 Å². The number of hydrogen-bond donors (Lipinski definition) is 3. The molecule has 0 aliphatic heterocycles. The van der Waals surface area contributed by atoms with E-state index in [0.29, 0.717) is 12.0 Å². The van der Waals surface area contributed by atoms with Crippen LogP contribution >= 0.6 is 0 Å². The van der Waals surface area contributed by atoms with Gasteiger partial charge in [0.15, 0.2) is 0 Å². The molecule has 2 fully saturated rings. The Morgan fingerprint density at radius 3 is 2.57 bits per heavy atom. The van der Waals surface area contributed by atoms with Crippen LogP contribution in [0.2, 0.25) is 0 Å². The summed E-state index contributed by atoms with van der Waals surface area (Å²) in [5.41, 5.74) is 1.78. The van der Waals surface area contributed by atoms with E-state index in [1.54, 1.807) is 6.20 Å². The number of anilines is 1. The predicted molar refractivity (Wildman–Crippen MR) is 78.8 cm³/mol. The Morgan fingerprint density at radius 2 is 1.86 bits per heavy atom. The molecule has 1 aromatic heterocycles. The van der Waals surface area contributed by atoms with Gasteiger partial charge in [0.1, 0.15) is 0 Å². The molecule has 1 heterocycles. The van der Waals surface area contributed by atoms with Crippen molar-refractivity contribution in [1.29, 1.82) is 0 Å². The van der Waals surface area contributed by atoms with Crippen LogP contribution in [0, 0.1) is 0 Å². The van der Waals surface area contributed by atoms with E-state index in [9.17, 15) is 9.59 Å². The van der Waals surface area contributed by atoms with Crippen molar-refractivity contribution in [2.75, 3.05) is 5.32 Å². The number of amides is 2. The molecule has 0 saturated heterocycles. The number of carbonyl (C=O) groups is 2. The van der Waals surface area contributed by atoms with Crippen molar-refractivity contribution in [2.45, 2.75) is 63.3 Å².